The molecule has 1 saturated heterocycles. The lowest BCUT2D eigenvalue weighted by Gasteiger charge is -2.26. The summed E-state index contributed by atoms with van der Waals surface area (Å²) >= 11 is 0. The molecule has 5 heteroatoms. The van der Waals surface area contributed by atoms with E-state index in [9.17, 15) is 9.18 Å². The maximum Gasteiger partial charge on any atom is 0.410 e. The molecule has 1 unspecified atom stereocenters. The van der Waals surface area contributed by atoms with Crippen LogP contribution in [-0.2, 0) is 4.74 Å². The van der Waals surface area contributed by atoms with Crippen LogP contribution >= 0.6 is 0 Å². The van der Waals surface area contributed by atoms with Gasteiger partial charge in [0.15, 0.2) is 0 Å². The van der Waals surface area contributed by atoms with E-state index in [1.807, 2.05) is 20.8 Å². The Labute approximate surface area is 108 Å². The fourth-order valence-electron chi connectivity index (χ4n) is 3.03. The summed E-state index contributed by atoms with van der Waals surface area (Å²) in [6.45, 7) is 6.77. The molecule has 3 atom stereocenters. The van der Waals surface area contributed by atoms with Gasteiger partial charge in [-0.25, -0.2) is 9.18 Å². The lowest BCUT2D eigenvalue weighted by atomic mass is 9.85. The van der Waals surface area contributed by atoms with Gasteiger partial charge in [-0.15, -0.1) is 0 Å². The zero-order valence-corrected chi connectivity index (χ0v) is 11.4. The maximum absolute atomic E-state index is 13.6. The lowest BCUT2D eigenvalue weighted by Crippen LogP contribution is -2.36. The summed E-state index contributed by atoms with van der Waals surface area (Å²) in [4.78, 5) is 13.6. The minimum atomic E-state index is -0.927. The van der Waals surface area contributed by atoms with Gasteiger partial charge in [-0.1, -0.05) is 0 Å². The summed E-state index contributed by atoms with van der Waals surface area (Å²) in [7, 11) is 0. The number of ether oxygens (including phenoxy) is 1. The molecule has 2 aliphatic rings. The van der Waals surface area contributed by atoms with E-state index in [-0.39, 0.29) is 17.6 Å². The number of hydrogen-bond acceptors (Lipinski definition) is 3. The third-order valence-electron chi connectivity index (χ3n) is 3.85. The molecule has 1 saturated carbocycles. The molecular weight excluding hydrogens is 235 g/mol. The van der Waals surface area contributed by atoms with Crippen molar-refractivity contribution in [2.75, 3.05) is 13.1 Å². The van der Waals surface area contributed by atoms with Gasteiger partial charge in [-0.3, -0.25) is 0 Å². The summed E-state index contributed by atoms with van der Waals surface area (Å²) in [5, 5.41) is 0. The number of carbonyl (C=O) groups excluding carboxylic acids is 1. The molecule has 2 rings (SSSR count). The Morgan fingerprint density at radius 2 is 2.11 bits per heavy atom. The second-order valence-electron chi connectivity index (χ2n) is 6.74. The van der Waals surface area contributed by atoms with Crippen LogP contribution in [0.15, 0.2) is 0 Å². The number of hydrogen-bond donors (Lipinski definition) is 1. The van der Waals surface area contributed by atoms with Gasteiger partial charge in [0.1, 0.15) is 11.8 Å². The summed E-state index contributed by atoms with van der Waals surface area (Å²) in [6.07, 6.45) is 0.764. The molecule has 2 N–H and O–H groups in total. The van der Waals surface area contributed by atoms with Crippen LogP contribution in [0.4, 0.5) is 9.18 Å². The summed E-state index contributed by atoms with van der Waals surface area (Å²) in [6, 6.07) is -0.372. The van der Waals surface area contributed by atoms with E-state index in [0.29, 0.717) is 25.9 Å². The van der Waals surface area contributed by atoms with Crippen LogP contribution in [0.2, 0.25) is 0 Å². The number of carbonyl (C=O) groups is 1. The van der Waals surface area contributed by atoms with Crippen LogP contribution in [0.5, 0.6) is 0 Å². The first-order valence-corrected chi connectivity index (χ1v) is 6.58. The minimum absolute atomic E-state index is 0.115. The molecule has 0 aromatic carbocycles. The first-order chi connectivity index (χ1) is 8.21. The molecule has 0 aromatic heterocycles. The molecule has 104 valence electrons. The van der Waals surface area contributed by atoms with E-state index in [4.69, 9.17) is 10.5 Å². The molecular formula is C13H23FN2O2. The monoisotopic (exact) mass is 258 g/mol. The Kier molecular flexibility index (Phi) is 3.30. The smallest absolute Gasteiger partial charge is 0.410 e. The number of nitrogens with two attached hydrogens (primary N) is 1. The number of amides is 1. The maximum atomic E-state index is 13.6. The van der Waals surface area contributed by atoms with E-state index in [1.165, 1.54) is 0 Å². The molecule has 4 nitrogen and oxygen atoms in total. The van der Waals surface area contributed by atoms with Crippen molar-refractivity contribution >= 4 is 6.09 Å². The van der Waals surface area contributed by atoms with Crippen molar-refractivity contribution < 1.29 is 13.9 Å². The van der Waals surface area contributed by atoms with Crippen molar-refractivity contribution in [1.82, 2.24) is 4.90 Å². The number of rotatable bonds is 0. The Morgan fingerprint density at radius 3 is 2.61 bits per heavy atom. The number of halogens is 1. The quantitative estimate of drug-likeness (QED) is 0.723. The van der Waals surface area contributed by atoms with Crippen LogP contribution in [0, 0.1) is 5.41 Å². The molecule has 2 fully saturated rings. The van der Waals surface area contributed by atoms with Crippen LogP contribution < -0.4 is 5.73 Å². The second-order valence-corrected chi connectivity index (χ2v) is 6.74. The van der Waals surface area contributed by atoms with E-state index in [2.05, 4.69) is 0 Å². The van der Waals surface area contributed by atoms with Crippen molar-refractivity contribution in [2.24, 2.45) is 11.1 Å². The van der Waals surface area contributed by atoms with Gasteiger partial charge in [0, 0.05) is 19.1 Å². The van der Waals surface area contributed by atoms with Gasteiger partial charge < -0.3 is 15.4 Å². The van der Waals surface area contributed by atoms with Crippen molar-refractivity contribution in [1.29, 1.82) is 0 Å². The van der Waals surface area contributed by atoms with Crippen LogP contribution in [-0.4, -0.2) is 41.9 Å². The SMILES string of the molecule is CC(C)(C)OC(=O)N1CC[C@]2(CC(F)[C@H](N)C2)C1. The van der Waals surface area contributed by atoms with E-state index in [1.54, 1.807) is 4.90 Å². The Bertz CT molecular complexity index is 330. The van der Waals surface area contributed by atoms with Crippen molar-refractivity contribution in [3.05, 3.63) is 0 Å². The molecule has 0 radical (unpaired) electrons. The number of likely N-dealkylation sites (tertiary alicyclic amines) is 1. The zero-order chi connectivity index (χ0) is 13.6. The zero-order valence-electron chi connectivity index (χ0n) is 11.4. The molecule has 0 bridgehead atoms. The third kappa shape index (κ3) is 2.76. The van der Waals surface area contributed by atoms with Crippen LogP contribution in [0.25, 0.3) is 0 Å². The average Bonchev–Trinajstić information content (AvgIpc) is 2.70. The topological polar surface area (TPSA) is 55.6 Å². The van der Waals surface area contributed by atoms with Gasteiger partial charge in [0.2, 0.25) is 0 Å². The Balaban J connectivity index is 1.95. The van der Waals surface area contributed by atoms with Crippen molar-refractivity contribution in [3.8, 4) is 0 Å². The Hall–Kier alpha value is -0.840. The van der Waals surface area contributed by atoms with Crippen molar-refractivity contribution in [3.63, 3.8) is 0 Å². The van der Waals surface area contributed by atoms with Gasteiger partial charge in [-0.05, 0) is 45.4 Å². The summed E-state index contributed by atoms with van der Waals surface area (Å²) in [5.74, 6) is 0. The molecule has 1 heterocycles. The largest absolute Gasteiger partial charge is 0.444 e. The van der Waals surface area contributed by atoms with Gasteiger partial charge in [0.05, 0.1) is 0 Å². The predicted molar refractivity (Wildman–Crippen MR) is 67.0 cm³/mol. The first kappa shape index (κ1) is 13.6. The normalized spacial score (nSPS) is 36.4. The van der Waals surface area contributed by atoms with Gasteiger partial charge in [-0.2, -0.15) is 0 Å². The molecule has 1 amide bonds. The highest BCUT2D eigenvalue weighted by atomic mass is 19.1. The first-order valence-electron chi connectivity index (χ1n) is 6.58. The fraction of sp³-hybridized carbons (Fsp3) is 0.923. The van der Waals surface area contributed by atoms with Crippen LogP contribution in [0.1, 0.15) is 40.0 Å². The highest BCUT2D eigenvalue weighted by Gasteiger charge is 2.49. The molecule has 18 heavy (non-hydrogen) atoms. The van der Waals surface area contributed by atoms with E-state index in [0.717, 1.165) is 6.42 Å². The van der Waals surface area contributed by atoms with Crippen LogP contribution in [0.3, 0.4) is 0 Å². The molecule has 0 aromatic rings. The summed E-state index contributed by atoms with van der Waals surface area (Å²) in [5.41, 5.74) is 5.15. The average molecular weight is 258 g/mol. The fourth-order valence-corrected chi connectivity index (χ4v) is 3.03. The standard InChI is InChI=1S/C13H23FN2O2/c1-12(2,3)18-11(17)16-5-4-13(8-16)6-9(14)10(15)7-13/h9-10H,4-8,15H2,1-3H3/t9?,10-,13-/m1/s1. The third-order valence-corrected chi connectivity index (χ3v) is 3.85. The molecule has 1 aliphatic heterocycles. The highest BCUT2D eigenvalue weighted by molar-refractivity contribution is 5.68. The summed E-state index contributed by atoms with van der Waals surface area (Å²) < 4.78 is 18.9. The molecule has 1 aliphatic carbocycles. The minimum Gasteiger partial charge on any atom is -0.444 e. The lowest BCUT2D eigenvalue weighted by molar-refractivity contribution is 0.0272. The van der Waals surface area contributed by atoms with E-state index < -0.39 is 11.8 Å². The van der Waals surface area contributed by atoms with Crippen molar-refractivity contribution in [2.45, 2.75) is 57.8 Å². The van der Waals surface area contributed by atoms with E-state index >= 15 is 0 Å². The Morgan fingerprint density at radius 1 is 1.44 bits per heavy atom. The molecule has 1 spiro atoms. The number of nitrogens with zero attached hydrogens (tertiary/aromatic N) is 1. The second kappa shape index (κ2) is 4.37. The predicted octanol–water partition coefficient (Wildman–Crippen LogP) is 2.07. The highest BCUT2D eigenvalue weighted by Crippen LogP contribution is 2.46. The number of alkyl halides is 1. The van der Waals surface area contributed by atoms with Gasteiger partial charge in [0.25, 0.3) is 0 Å². The van der Waals surface area contributed by atoms with Gasteiger partial charge >= 0.3 is 6.09 Å².